The molecule has 1 aliphatic carbocycles. The summed E-state index contributed by atoms with van der Waals surface area (Å²) in [5.74, 6) is 0. The lowest BCUT2D eigenvalue weighted by Gasteiger charge is -2.27. The highest BCUT2D eigenvalue weighted by Gasteiger charge is 2.24. The Morgan fingerprint density at radius 1 is 1.28 bits per heavy atom. The van der Waals surface area contributed by atoms with Crippen LogP contribution in [0.2, 0.25) is 0 Å². The van der Waals surface area contributed by atoms with Gasteiger partial charge in [-0.05, 0) is 36.5 Å². The molecule has 0 spiro atoms. The van der Waals surface area contributed by atoms with Crippen molar-refractivity contribution in [2.24, 2.45) is 0 Å². The van der Waals surface area contributed by atoms with Gasteiger partial charge in [0.05, 0.1) is 28.2 Å². The molecule has 0 aliphatic heterocycles. The highest BCUT2D eigenvalue weighted by atomic mass is 16.6. The first-order valence-electron chi connectivity index (χ1n) is 8.13. The molecule has 0 unspecified atom stereocenters. The predicted molar refractivity (Wildman–Crippen MR) is 94.8 cm³/mol. The van der Waals surface area contributed by atoms with Gasteiger partial charge >= 0.3 is 0 Å². The molecule has 2 aromatic carbocycles. The molecule has 2 N–H and O–H groups in total. The maximum Gasteiger partial charge on any atom is 0.293 e. The average Bonchev–Trinajstić information content (AvgIpc) is 2.62. The third-order valence-electron chi connectivity index (χ3n) is 4.65. The van der Waals surface area contributed by atoms with Gasteiger partial charge in [0.1, 0.15) is 5.69 Å². The minimum absolute atomic E-state index is 0.00287. The lowest BCUT2D eigenvalue weighted by molar-refractivity contribution is -0.383. The van der Waals surface area contributed by atoms with Crippen molar-refractivity contribution in [3.63, 3.8) is 0 Å². The molecule has 7 heteroatoms. The van der Waals surface area contributed by atoms with E-state index in [1.807, 2.05) is 12.1 Å². The van der Waals surface area contributed by atoms with Crippen LogP contribution < -0.4 is 10.9 Å². The summed E-state index contributed by atoms with van der Waals surface area (Å²) in [6.45, 7) is 0. The number of aromatic nitrogens is 2. The van der Waals surface area contributed by atoms with Gasteiger partial charge < -0.3 is 10.3 Å². The molecule has 1 aliphatic rings. The van der Waals surface area contributed by atoms with Crippen molar-refractivity contribution in [3.8, 4) is 0 Å². The average molecular weight is 336 g/mol. The second-order valence-electron chi connectivity index (χ2n) is 6.16. The first-order chi connectivity index (χ1) is 12.1. The Balaban J connectivity index is 1.81. The van der Waals surface area contributed by atoms with E-state index in [1.165, 1.54) is 23.5 Å². The molecule has 0 fully saturated rings. The first kappa shape index (κ1) is 15.3. The first-order valence-corrected chi connectivity index (χ1v) is 8.13. The van der Waals surface area contributed by atoms with E-state index < -0.39 is 4.92 Å². The van der Waals surface area contributed by atoms with E-state index in [2.05, 4.69) is 27.4 Å². The summed E-state index contributed by atoms with van der Waals surface area (Å²) in [6, 6.07) is 11.0. The number of aromatic amines is 1. The van der Waals surface area contributed by atoms with Crippen molar-refractivity contribution >= 4 is 22.3 Å². The number of hydrogen-bond acceptors (Lipinski definition) is 5. The molecule has 4 rings (SSSR count). The topological polar surface area (TPSA) is 101 Å². The zero-order valence-electron chi connectivity index (χ0n) is 13.4. The minimum atomic E-state index is -0.469. The van der Waals surface area contributed by atoms with Crippen LogP contribution in [-0.2, 0) is 6.42 Å². The van der Waals surface area contributed by atoms with Crippen LogP contribution in [-0.4, -0.2) is 14.9 Å². The third kappa shape index (κ3) is 2.73. The molecule has 0 bridgehead atoms. The van der Waals surface area contributed by atoms with E-state index in [4.69, 9.17) is 0 Å². The van der Waals surface area contributed by atoms with Crippen molar-refractivity contribution in [1.82, 2.24) is 9.97 Å². The number of nitro groups is 1. The van der Waals surface area contributed by atoms with Crippen molar-refractivity contribution in [1.29, 1.82) is 0 Å². The van der Waals surface area contributed by atoms with E-state index in [1.54, 1.807) is 6.07 Å². The molecule has 7 nitrogen and oxygen atoms in total. The highest BCUT2D eigenvalue weighted by molar-refractivity contribution is 5.86. The number of H-pyrrole nitrogens is 1. The number of nitro benzene ring substituents is 1. The minimum Gasteiger partial charge on any atom is -0.373 e. The molecule has 0 amide bonds. The van der Waals surface area contributed by atoms with Gasteiger partial charge in [-0.15, -0.1) is 0 Å². The van der Waals surface area contributed by atoms with Crippen LogP contribution in [0.15, 0.2) is 47.5 Å². The summed E-state index contributed by atoms with van der Waals surface area (Å²) in [5, 5.41) is 15.0. The van der Waals surface area contributed by atoms with Gasteiger partial charge in [-0.1, -0.05) is 24.3 Å². The molecule has 25 heavy (non-hydrogen) atoms. The van der Waals surface area contributed by atoms with Crippen LogP contribution in [0, 0.1) is 10.1 Å². The zero-order chi connectivity index (χ0) is 17.4. The molecular weight excluding hydrogens is 320 g/mol. The van der Waals surface area contributed by atoms with Crippen molar-refractivity contribution in [3.05, 3.63) is 74.3 Å². The third-order valence-corrected chi connectivity index (χ3v) is 4.65. The summed E-state index contributed by atoms with van der Waals surface area (Å²) in [7, 11) is 0. The number of anilines is 1. The zero-order valence-corrected chi connectivity index (χ0v) is 13.4. The molecule has 0 radical (unpaired) electrons. The Bertz CT molecular complexity index is 1030. The summed E-state index contributed by atoms with van der Waals surface area (Å²) < 4.78 is 0. The van der Waals surface area contributed by atoms with E-state index in [0.717, 1.165) is 19.3 Å². The van der Waals surface area contributed by atoms with Crippen molar-refractivity contribution in [2.75, 3.05) is 5.32 Å². The van der Waals surface area contributed by atoms with Crippen molar-refractivity contribution in [2.45, 2.75) is 25.3 Å². The van der Waals surface area contributed by atoms with Crippen LogP contribution in [0.25, 0.3) is 10.9 Å². The van der Waals surface area contributed by atoms with Gasteiger partial charge in [0, 0.05) is 6.07 Å². The molecule has 1 atom stereocenters. The Labute approximate surface area is 142 Å². The van der Waals surface area contributed by atoms with Crippen LogP contribution >= 0.6 is 0 Å². The second kappa shape index (κ2) is 6.01. The van der Waals surface area contributed by atoms with E-state index in [0.29, 0.717) is 11.2 Å². The van der Waals surface area contributed by atoms with Gasteiger partial charge in [0.15, 0.2) is 0 Å². The van der Waals surface area contributed by atoms with E-state index in [-0.39, 0.29) is 22.7 Å². The van der Waals surface area contributed by atoms with Crippen molar-refractivity contribution < 1.29 is 4.92 Å². The summed E-state index contributed by atoms with van der Waals surface area (Å²) >= 11 is 0. The number of hydrogen-bond donors (Lipinski definition) is 2. The fraction of sp³-hybridized carbons (Fsp3) is 0.222. The SMILES string of the molecule is O=c1[nH]cnc2cc(N[C@H]3CCCc4ccccc43)c([N+](=O)[O-])cc12. The van der Waals surface area contributed by atoms with Gasteiger partial charge in [-0.3, -0.25) is 14.9 Å². The molecule has 126 valence electrons. The number of nitrogens with zero attached hydrogens (tertiary/aromatic N) is 2. The van der Waals surface area contributed by atoms with E-state index >= 15 is 0 Å². The van der Waals surface area contributed by atoms with Crippen LogP contribution in [0.5, 0.6) is 0 Å². The molecular formula is C18H16N4O3. The predicted octanol–water partition coefficient (Wildman–Crippen LogP) is 3.32. The fourth-order valence-electron chi connectivity index (χ4n) is 3.46. The second-order valence-corrected chi connectivity index (χ2v) is 6.16. The fourth-order valence-corrected chi connectivity index (χ4v) is 3.46. The number of fused-ring (bicyclic) bond motifs is 2. The Morgan fingerprint density at radius 3 is 2.96 bits per heavy atom. The summed E-state index contributed by atoms with van der Waals surface area (Å²) in [4.78, 5) is 29.5. The van der Waals surface area contributed by atoms with Gasteiger partial charge in [-0.25, -0.2) is 4.98 Å². The lowest BCUT2D eigenvalue weighted by atomic mass is 9.87. The van der Waals surface area contributed by atoms with Gasteiger partial charge in [-0.2, -0.15) is 0 Å². The van der Waals surface area contributed by atoms with Gasteiger partial charge in [0.25, 0.3) is 11.2 Å². The molecule has 3 aromatic rings. The van der Waals surface area contributed by atoms with E-state index in [9.17, 15) is 14.9 Å². The monoisotopic (exact) mass is 336 g/mol. The largest absolute Gasteiger partial charge is 0.373 e. The smallest absolute Gasteiger partial charge is 0.293 e. The number of rotatable bonds is 3. The Morgan fingerprint density at radius 2 is 2.12 bits per heavy atom. The summed E-state index contributed by atoms with van der Waals surface area (Å²) in [5.41, 5.74) is 2.75. The molecule has 0 saturated carbocycles. The normalized spacial score (nSPS) is 16.4. The maximum absolute atomic E-state index is 11.9. The van der Waals surface area contributed by atoms with Gasteiger partial charge in [0.2, 0.25) is 0 Å². The molecule has 1 heterocycles. The number of benzene rings is 2. The highest BCUT2D eigenvalue weighted by Crippen LogP contribution is 2.36. The summed E-state index contributed by atoms with van der Waals surface area (Å²) in [6.07, 6.45) is 4.24. The lowest BCUT2D eigenvalue weighted by Crippen LogP contribution is -2.18. The number of nitrogens with one attached hydrogen (secondary N) is 2. The maximum atomic E-state index is 11.9. The van der Waals surface area contributed by atoms with Crippen LogP contribution in [0.1, 0.15) is 30.0 Å². The molecule has 0 saturated heterocycles. The van der Waals surface area contributed by atoms with Crippen LogP contribution in [0.3, 0.4) is 0 Å². The standard InChI is InChI=1S/C18H16N4O3/c23-18-13-8-17(22(24)25)16(9-15(13)19-10-20-18)21-14-7-3-5-11-4-1-2-6-12(11)14/h1-2,4,6,8-10,14,21H,3,5,7H2,(H,19,20,23)/t14-/m0/s1. The Hall–Kier alpha value is -3.22. The number of aryl methyl sites for hydroxylation is 1. The van der Waals surface area contributed by atoms with Crippen LogP contribution in [0.4, 0.5) is 11.4 Å². The Kier molecular flexibility index (Phi) is 3.68. The molecule has 1 aromatic heterocycles. The quantitative estimate of drug-likeness (QED) is 0.564.